The summed E-state index contributed by atoms with van der Waals surface area (Å²) in [6.45, 7) is 0.641. The Bertz CT molecular complexity index is 842. The van der Waals surface area contributed by atoms with E-state index in [9.17, 15) is 14.9 Å². The molecule has 0 N–H and O–H groups in total. The first-order valence-corrected chi connectivity index (χ1v) is 9.59. The first-order chi connectivity index (χ1) is 13.0. The Labute approximate surface area is 164 Å². The average molecular weight is 410 g/mol. The van der Waals surface area contributed by atoms with Crippen LogP contribution in [-0.4, -0.2) is 30.0 Å². The van der Waals surface area contributed by atoms with Crippen molar-refractivity contribution in [2.75, 3.05) is 19.2 Å². The van der Waals surface area contributed by atoms with Gasteiger partial charge in [0.25, 0.3) is 5.69 Å². The van der Waals surface area contributed by atoms with Gasteiger partial charge in [-0.25, -0.2) is 4.79 Å². The number of rotatable bonds is 7. The van der Waals surface area contributed by atoms with Gasteiger partial charge in [0, 0.05) is 39.8 Å². The molecule has 0 aliphatic carbocycles. The summed E-state index contributed by atoms with van der Waals surface area (Å²) in [5.74, 6) is 1.27. The monoisotopic (exact) mass is 409 g/mol. The van der Waals surface area contributed by atoms with Crippen LogP contribution < -0.4 is 4.74 Å². The van der Waals surface area contributed by atoms with Crippen molar-refractivity contribution in [1.82, 2.24) is 0 Å². The minimum Gasteiger partial charge on any atom is -0.467 e. The van der Waals surface area contributed by atoms with E-state index in [1.54, 1.807) is 24.3 Å². The molecule has 1 aliphatic heterocycles. The van der Waals surface area contributed by atoms with E-state index in [1.165, 1.54) is 23.9 Å². The van der Waals surface area contributed by atoms with Crippen LogP contribution in [0.4, 0.5) is 5.69 Å². The largest absolute Gasteiger partial charge is 0.467 e. The van der Waals surface area contributed by atoms with E-state index in [0.29, 0.717) is 33.4 Å². The minimum absolute atomic E-state index is 0.00705. The van der Waals surface area contributed by atoms with Gasteiger partial charge in [0.1, 0.15) is 12.4 Å². The number of fused-ring (bicyclic) bond motifs is 1. The number of benzene rings is 2. The molecule has 0 bridgehead atoms. The first kappa shape index (κ1) is 19.5. The number of carbonyl (C=O) groups is 1. The summed E-state index contributed by atoms with van der Waals surface area (Å²) >= 11 is 7.28. The second-order valence-corrected chi connectivity index (χ2v) is 7.20. The summed E-state index contributed by atoms with van der Waals surface area (Å²) in [7, 11) is 0. The fourth-order valence-electron chi connectivity index (χ4n) is 2.54. The molecule has 2 aromatic carbocycles. The Hall–Kier alpha value is -2.29. The predicted molar refractivity (Wildman–Crippen MR) is 101 cm³/mol. The Morgan fingerprint density at radius 3 is 2.81 bits per heavy atom. The molecule has 27 heavy (non-hydrogen) atoms. The molecule has 9 heteroatoms. The maximum atomic E-state index is 11.9. The molecule has 0 atom stereocenters. The molecule has 7 nitrogen and oxygen atoms in total. The molecule has 0 aromatic heterocycles. The number of thioether (sulfide) groups is 1. The van der Waals surface area contributed by atoms with Gasteiger partial charge >= 0.3 is 5.97 Å². The molecule has 0 unspecified atom stereocenters. The maximum absolute atomic E-state index is 11.9. The molecule has 3 rings (SSSR count). The third-order valence-corrected chi connectivity index (χ3v) is 5.00. The number of non-ortho nitro benzene ring substituents is 1. The predicted octanol–water partition coefficient (Wildman–Crippen LogP) is 4.20. The molecule has 0 amide bonds. The molecule has 2 aromatic rings. The van der Waals surface area contributed by atoms with Gasteiger partial charge in [0.2, 0.25) is 0 Å². The highest BCUT2D eigenvalue weighted by atomic mass is 35.5. The number of nitro groups is 1. The molecule has 0 fully saturated rings. The molecular formula is C18H16ClNO6S. The number of ether oxygens (including phenoxy) is 3. The SMILES string of the molecule is O=C(OCCSCc1cc([N+](=O)[O-])cc2c1OCOC2)c1ccc(Cl)cc1. The highest BCUT2D eigenvalue weighted by Crippen LogP contribution is 2.34. The zero-order chi connectivity index (χ0) is 19.2. The lowest BCUT2D eigenvalue weighted by atomic mass is 10.1. The van der Waals surface area contributed by atoms with Crippen molar-refractivity contribution in [2.24, 2.45) is 0 Å². The maximum Gasteiger partial charge on any atom is 0.338 e. The van der Waals surface area contributed by atoms with Crippen molar-refractivity contribution in [2.45, 2.75) is 12.4 Å². The van der Waals surface area contributed by atoms with E-state index < -0.39 is 10.9 Å². The number of carbonyl (C=O) groups excluding carboxylic acids is 1. The van der Waals surface area contributed by atoms with Crippen LogP contribution in [0.25, 0.3) is 0 Å². The lowest BCUT2D eigenvalue weighted by Crippen LogP contribution is -2.13. The van der Waals surface area contributed by atoms with E-state index in [1.807, 2.05) is 0 Å². The topological polar surface area (TPSA) is 87.9 Å². The molecule has 0 spiro atoms. The summed E-state index contributed by atoms with van der Waals surface area (Å²) in [5.41, 5.74) is 1.84. The van der Waals surface area contributed by atoms with Gasteiger partial charge < -0.3 is 14.2 Å². The smallest absolute Gasteiger partial charge is 0.338 e. The van der Waals surface area contributed by atoms with Gasteiger partial charge in [-0.3, -0.25) is 10.1 Å². The number of halogens is 1. The van der Waals surface area contributed by atoms with Crippen molar-refractivity contribution < 1.29 is 23.9 Å². The Kier molecular flexibility index (Phi) is 6.54. The fourth-order valence-corrected chi connectivity index (χ4v) is 3.44. The summed E-state index contributed by atoms with van der Waals surface area (Å²) in [6.07, 6.45) is 0. The van der Waals surface area contributed by atoms with E-state index in [4.69, 9.17) is 25.8 Å². The van der Waals surface area contributed by atoms with E-state index in [0.717, 1.165) is 5.56 Å². The summed E-state index contributed by atoms with van der Waals surface area (Å²) in [5, 5.41) is 11.6. The second-order valence-electron chi connectivity index (χ2n) is 5.66. The van der Waals surface area contributed by atoms with E-state index >= 15 is 0 Å². The lowest BCUT2D eigenvalue weighted by Gasteiger charge is -2.20. The van der Waals surface area contributed by atoms with Crippen LogP contribution in [0.15, 0.2) is 36.4 Å². The Morgan fingerprint density at radius 1 is 1.30 bits per heavy atom. The van der Waals surface area contributed by atoms with Crippen molar-refractivity contribution in [1.29, 1.82) is 0 Å². The van der Waals surface area contributed by atoms with Gasteiger partial charge in [-0.2, -0.15) is 11.8 Å². The number of hydrogen-bond donors (Lipinski definition) is 0. The van der Waals surface area contributed by atoms with Gasteiger partial charge in [-0.05, 0) is 24.3 Å². The van der Waals surface area contributed by atoms with Crippen molar-refractivity contribution >= 4 is 35.0 Å². The number of hydrogen-bond acceptors (Lipinski definition) is 7. The minimum atomic E-state index is -0.434. The normalized spacial score (nSPS) is 12.8. The second kappa shape index (κ2) is 9.07. The highest BCUT2D eigenvalue weighted by Gasteiger charge is 2.20. The number of nitrogens with zero attached hydrogens (tertiary/aromatic N) is 1. The fraction of sp³-hybridized carbons (Fsp3) is 0.278. The molecular weight excluding hydrogens is 394 g/mol. The molecule has 0 radical (unpaired) electrons. The molecule has 1 aliphatic rings. The summed E-state index contributed by atoms with van der Waals surface area (Å²) in [6, 6.07) is 9.44. The van der Waals surface area contributed by atoms with Crippen LogP contribution in [0.5, 0.6) is 5.75 Å². The Balaban J connectivity index is 1.53. The van der Waals surface area contributed by atoms with E-state index in [2.05, 4.69) is 0 Å². The quantitative estimate of drug-likeness (QED) is 0.293. The standard InChI is InChI=1S/C18H16ClNO6S/c19-15-3-1-12(2-4-15)18(21)25-5-6-27-10-14-8-16(20(22)23)7-13-9-24-11-26-17(13)14/h1-4,7-8H,5-6,9-11H2. The average Bonchev–Trinajstić information content (AvgIpc) is 2.67. The number of esters is 1. The Morgan fingerprint density at radius 2 is 2.07 bits per heavy atom. The van der Waals surface area contributed by atoms with Crippen molar-refractivity contribution in [3.05, 3.63) is 68.2 Å². The summed E-state index contributed by atoms with van der Waals surface area (Å²) < 4.78 is 15.9. The van der Waals surface area contributed by atoms with Crippen LogP contribution in [0, 0.1) is 10.1 Å². The van der Waals surface area contributed by atoms with Crippen molar-refractivity contribution in [3.63, 3.8) is 0 Å². The van der Waals surface area contributed by atoms with Crippen LogP contribution in [-0.2, 0) is 21.8 Å². The van der Waals surface area contributed by atoms with Gasteiger partial charge in [-0.15, -0.1) is 0 Å². The zero-order valence-electron chi connectivity index (χ0n) is 14.2. The summed E-state index contributed by atoms with van der Waals surface area (Å²) in [4.78, 5) is 22.6. The van der Waals surface area contributed by atoms with Crippen molar-refractivity contribution in [3.8, 4) is 5.75 Å². The van der Waals surface area contributed by atoms with Gasteiger partial charge in [0.15, 0.2) is 6.79 Å². The molecule has 0 saturated carbocycles. The first-order valence-electron chi connectivity index (χ1n) is 8.06. The number of nitro benzene ring substituents is 1. The third kappa shape index (κ3) is 5.12. The molecule has 0 saturated heterocycles. The van der Waals surface area contributed by atoms with Crippen LogP contribution >= 0.6 is 23.4 Å². The van der Waals surface area contributed by atoms with E-state index in [-0.39, 0.29) is 25.7 Å². The van der Waals surface area contributed by atoms with Crippen LogP contribution in [0.3, 0.4) is 0 Å². The van der Waals surface area contributed by atoms with Gasteiger partial charge in [-0.1, -0.05) is 11.6 Å². The molecule has 142 valence electrons. The molecule has 1 heterocycles. The third-order valence-electron chi connectivity index (χ3n) is 3.78. The lowest BCUT2D eigenvalue weighted by molar-refractivity contribution is -0.385. The highest BCUT2D eigenvalue weighted by molar-refractivity contribution is 7.98. The van der Waals surface area contributed by atoms with Crippen LogP contribution in [0.2, 0.25) is 5.02 Å². The van der Waals surface area contributed by atoms with Gasteiger partial charge in [0.05, 0.1) is 17.1 Å². The van der Waals surface area contributed by atoms with Crippen LogP contribution in [0.1, 0.15) is 21.5 Å². The zero-order valence-corrected chi connectivity index (χ0v) is 15.8.